The molecule has 0 aliphatic heterocycles. The maximum absolute atomic E-state index is 12.1. The molecule has 1 heterocycles. The molecular weight excluding hydrogens is 216 g/mol. The number of imidazole rings is 1. The zero-order valence-corrected chi connectivity index (χ0v) is 11.1. The van der Waals surface area contributed by atoms with Gasteiger partial charge in [0, 0.05) is 26.3 Å². The van der Waals surface area contributed by atoms with Crippen LogP contribution in [0.25, 0.3) is 0 Å². The third kappa shape index (κ3) is 3.30. The number of aromatic nitrogens is 2. The number of nitrogens with one attached hydrogen (secondary N) is 1. The monoisotopic (exact) mass is 238 g/mol. The summed E-state index contributed by atoms with van der Waals surface area (Å²) in [7, 11) is 1.82. The lowest BCUT2D eigenvalue weighted by atomic mass is 10.2. The van der Waals surface area contributed by atoms with Crippen LogP contribution >= 0.6 is 0 Å². The minimum Gasteiger partial charge on any atom is -0.344 e. The molecule has 17 heavy (non-hydrogen) atoms. The number of amides is 1. The summed E-state index contributed by atoms with van der Waals surface area (Å²) in [5, 5.41) is 3.24. The molecule has 0 saturated carbocycles. The molecule has 0 saturated heterocycles. The smallest absolute Gasteiger partial charge is 0.245 e. The number of hydrogen-bond donors (Lipinski definition) is 1. The number of rotatable bonds is 6. The highest BCUT2D eigenvalue weighted by Crippen LogP contribution is 2.12. The van der Waals surface area contributed by atoms with Crippen molar-refractivity contribution in [3.8, 4) is 0 Å². The van der Waals surface area contributed by atoms with Gasteiger partial charge in [-0.1, -0.05) is 6.92 Å². The van der Waals surface area contributed by atoms with E-state index in [0.717, 1.165) is 25.3 Å². The van der Waals surface area contributed by atoms with Gasteiger partial charge in [0.25, 0.3) is 0 Å². The third-order valence-electron chi connectivity index (χ3n) is 2.93. The minimum absolute atomic E-state index is 0.114. The van der Waals surface area contributed by atoms with Crippen LogP contribution in [-0.4, -0.2) is 40.5 Å². The molecule has 1 aromatic rings. The Morgan fingerprint density at radius 3 is 2.88 bits per heavy atom. The lowest BCUT2D eigenvalue weighted by molar-refractivity contribution is -0.132. The van der Waals surface area contributed by atoms with E-state index in [1.54, 1.807) is 17.4 Å². The number of carbonyl (C=O) groups excluding carboxylic acids is 1. The highest BCUT2D eigenvalue weighted by molar-refractivity contribution is 5.79. The van der Waals surface area contributed by atoms with Crippen LogP contribution in [-0.2, 0) is 11.3 Å². The summed E-state index contributed by atoms with van der Waals surface area (Å²) in [6.45, 7) is 8.30. The average Bonchev–Trinajstić information content (AvgIpc) is 2.81. The molecule has 5 nitrogen and oxygen atoms in total. The maximum Gasteiger partial charge on any atom is 0.245 e. The Morgan fingerprint density at radius 1 is 1.59 bits per heavy atom. The van der Waals surface area contributed by atoms with Gasteiger partial charge >= 0.3 is 0 Å². The summed E-state index contributed by atoms with van der Waals surface area (Å²) >= 11 is 0. The molecule has 1 unspecified atom stereocenters. The van der Waals surface area contributed by atoms with Crippen molar-refractivity contribution in [2.45, 2.75) is 33.4 Å². The lowest BCUT2D eigenvalue weighted by Gasteiger charge is -2.22. The van der Waals surface area contributed by atoms with Gasteiger partial charge in [-0.05, 0) is 20.4 Å². The molecule has 0 fully saturated rings. The van der Waals surface area contributed by atoms with Crippen LogP contribution in [0.4, 0.5) is 0 Å². The van der Waals surface area contributed by atoms with Crippen molar-refractivity contribution in [2.75, 3.05) is 20.1 Å². The molecule has 1 amide bonds. The number of nitrogens with zero attached hydrogens (tertiary/aromatic N) is 3. The predicted molar refractivity (Wildman–Crippen MR) is 67.6 cm³/mol. The standard InChI is InChI=1S/C12H22N4O/c1-5-13-7-11-8-14-9-16(11)10(3)12(17)15(4)6-2/h8-10,13H,5-7H2,1-4H3. The van der Waals surface area contributed by atoms with Crippen LogP contribution in [0, 0.1) is 0 Å². The summed E-state index contributed by atoms with van der Waals surface area (Å²) in [5.41, 5.74) is 1.04. The molecule has 0 bridgehead atoms. The van der Waals surface area contributed by atoms with Crippen molar-refractivity contribution >= 4 is 5.91 Å². The van der Waals surface area contributed by atoms with Crippen molar-refractivity contribution in [1.29, 1.82) is 0 Å². The first-order valence-electron chi connectivity index (χ1n) is 6.08. The van der Waals surface area contributed by atoms with Crippen molar-refractivity contribution < 1.29 is 4.79 Å². The van der Waals surface area contributed by atoms with Gasteiger partial charge in [0.2, 0.25) is 5.91 Å². The minimum atomic E-state index is -0.198. The van der Waals surface area contributed by atoms with Gasteiger partial charge in [0.1, 0.15) is 6.04 Å². The van der Waals surface area contributed by atoms with Crippen LogP contribution in [0.3, 0.4) is 0 Å². The van der Waals surface area contributed by atoms with E-state index in [2.05, 4.69) is 17.2 Å². The Hall–Kier alpha value is -1.36. The van der Waals surface area contributed by atoms with E-state index in [1.165, 1.54) is 0 Å². The fraction of sp³-hybridized carbons (Fsp3) is 0.667. The largest absolute Gasteiger partial charge is 0.344 e. The number of hydrogen-bond acceptors (Lipinski definition) is 3. The molecule has 0 radical (unpaired) electrons. The van der Waals surface area contributed by atoms with Crippen LogP contribution in [0.15, 0.2) is 12.5 Å². The summed E-state index contributed by atoms with van der Waals surface area (Å²) < 4.78 is 1.93. The Bertz CT molecular complexity index is 361. The van der Waals surface area contributed by atoms with Crippen LogP contribution < -0.4 is 5.32 Å². The molecule has 1 aromatic heterocycles. The van der Waals surface area contributed by atoms with Gasteiger partial charge in [-0.2, -0.15) is 0 Å². The van der Waals surface area contributed by atoms with E-state index < -0.39 is 0 Å². The van der Waals surface area contributed by atoms with E-state index in [4.69, 9.17) is 0 Å². The van der Waals surface area contributed by atoms with E-state index in [1.807, 2.05) is 25.5 Å². The van der Waals surface area contributed by atoms with Crippen molar-refractivity contribution in [3.05, 3.63) is 18.2 Å². The quantitative estimate of drug-likeness (QED) is 0.805. The average molecular weight is 238 g/mol. The molecule has 0 spiro atoms. The van der Waals surface area contributed by atoms with Crippen molar-refractivity contribution in [2.24, 2.45) is 0 Å². The van der Waals surface area contributed by atoms with Crippen molar-refractivity contribution in [3.63, 3.8) is 0 Å². The second-order valence-corrected chi connectivity index (χ2v) is 4.10. The Labute approximate surface area is 103 Å². The molecule has 5 heteroatoms. The first-order chi connectivity index (χ1) is 8.11. The summed E-state index contributed by atoms with van der Waals surface area (Å²) in [6, 6.07) is -0.198. The molecule has 1 atom stereocenters. The maximum atomic E-state index is 12.1. The molecule has 96 valence electrons. The SMILES string of the molecule is CCNCc1cncn1C(C)C(=O)N(C)CC. The highest BCUT2D eigenvalue weighted by atomic mass is 16.2. The molecule has 1 N–H and O–H groups in total. The van der Waals surface area contributed by atoms with Gasteiger partial charge in [0.15, 0.2) is 0 Å². The summed E-state index contributed by atoms with van der Waals surface area (Å²) in [4.78, 5) is 17.9. The van der Waals surface area contributed by atoms with Gasteiger partial charge in [-0.15, -0.1) is 0 Å². The van der Waals surface area contributed by atoms with E-state index >= 15 is 0 Å². The third-order valence-corrected chi connectivity index (χ3v) is 2.93. The molecule has 0 aliphatic carbocycles. The van der Waals surface area contributed by atoms with Crippen LogP contribution in [0.2, 0.25) is 0 Å². The van der Waals surface area contributed by atoms with E-state index in [0.29, 0.717) is 0 Å². The highest BCUT2D eigenvalue weighted by Gasteiger charge is 2.19. The van der Waals surface area contributed by atoms with Crippen molar-refractivity contribution in [1.82, 2.24) is 19.8 Å². The second kappa shape index (κ2) is 6.39. The summed E-state index contributed by atoms with van der Waals surface area (Å²) in [6.07, 6.45) is 3.52. The van der Waals surface area contributed by atoms with Gasteiger partial charge in [-0.25, -0.2) is 4.98 Å². The fourth-order valence-electron chi connectivity index (χ4n) is 1.66. The van der Waals surface area contributed by atoms with Gasteiger partial charge in [-0.3, -0.25) is 4.79 Å². The van der Waals surface area contributed by atoms with E-state index in [-0.39, 0.29) is 11.9 Å². The zero-order valence-electron chi connectivity index (χ0n) is 11.1. The molecular formula is C12H22N4O. The molecule has 0 aliphatic rings. The van der Waals surface area contributed by atoms with E-state index in [9.17, 15) is 4.79 Å². The Morgan fingerprint density at radius 2 is 2.29 bits per heavy atom. The van der Waals surface area contributed by atoms with Crippen LogP contribution in [0.1, 0.15) is 32.5 Å². The molecule has 0 aromatic carbocycles. The lowest BCUT2D eigenvalue weighted by Crippen LogP contribution is -2.33. The number of carbonyl (C=O) groups is 1. The second-order valence-electron chi connectivity index (χ2n) is 4.10. The Kier molecular flexibility index (Phi) is 5.15. The first kappa shape index (κ1) is 13.7. The van der Waals surface area contributed by atoms with Gasteiger partial charge < -0.3 is 14.8 Å². The predicted octanol–water partition coefficient (Wildman–Crippen LogP) is 1.03. The molecule has 1 rings (SSSR count). The normalized spacial score (nSPS) is 12.5. The fourth-order valence-corrected chi connectivity index (χ4v) is 1.66. The first-order valence-corrected chi connectivity index (χ1v) is 6.08. The topological polar surface area (TPSA) is 50.2 Å². The zero-order chi connectivity index (χ0) is 12.8. The van der Waals surface area contributed by atoms with Crippen LogP contribution in [0.5, 0.6) is 0 Å². The number of likely N-dealkylation sites (N-methyl/N-ethyl adjacent to an activating group) is 1. The van der Waals surface area contributed by atoms with Gasteiger partial charge in [0.05, 0.1) is 12.0 Å². The summed E-state index contributed by atoms with van der Waals surface area (Å²) in [5.74, 6) is 0.114. The Balaban J connectivity index is 2.77.